The van der Waals surface area contributed by atoms with Crippen LogP contribution in [0.1, 0.15) is 10.5 Å². The molecule has 110 valence electrons. The number of carbonyl (C=O) groups excluding carboxylic acids is 1. The number of carbonyl (C=O) groups is 2. The van der Waals surface area contributed by atoms with Crippen molar-refractivity contribution >= 4 is 29.3 Å². The van der Waals surface area contributed by atoms with E-state index in [2.05, 4.69) is 20.9 Å². The highest BCUT2D eigenvalue weighted by Gasteiger charge is 2.08. The van der Waals surface area contributed by atoms with Crippen molar-refractivity contribution in [1.29, 1.82) is 0 Å². The predicted octanol–water partition coefficient (Wildman–Crippen LogP) is 1.45. The monoisotopic (exact) mass is 309 g/mol. The third-order valence-corrected chi connectivity index (χ3v) is 2.74. The number of carboxylic acids is 1. The van der Waals surface area contributed by atoms with Gasteiger partial charge in [0.05, 0.1) is 12.7 Å². The van der Waals surface area contributed by atoms with Crippen molar-refractivity contribution in [3.05, 3.63) is 41.2 Å². The number of amides is 2. The van der Waals surface area contributed by atoms with Gasteiger partial charge in [0.1, 0.15) is 0 Å². The van der Waals surface area contributed by atoms with E-state index < -0.39 is 5.97 Å². The molecule has 2 amide bonds. The molecule has 0 fully saturated rings. The first-order chi connectivity index (χ1) is 10.0. The van der Waals surface area contributed by atoms with Gasteiger partial charge >= 0.3 is 12.0 Å². The van der Waals surface area contributed by atoms with E-state index in [0.717, 1.165) is 0 Å². The lowest BCUT2D eigenvalue weighted by molar-refractivity contribution is 0.0690. The zero-order chi connectivity index (χ0) is 15.2. The first-order valence-corrected chi connectivity index (χ1v) is 6.36. The number of aromatic nitrogens is 3. The molecule has 3 N–H and O–H groups in total. The second-order valence-corrected chi connectivity index (χ2v) is 4.50. The van der Waals surface area contributed by atoms with Gasteiger partial charge in [0, 0.05) is 17.3 Å². The van der Waals surface area contributed by atoms with Gasteiger partial charge in [0.15, 0.2) is 5.69 Å². The van der Waals surface area contributed by atoms with Crippen LogP contribution in [0.2, 0.25) is 5.02 Å². The summed E-state index contributed by atoms with van der Waals surface area (Å²) in [6.45, 7) is 0.593. The van der Waals surface area contributed by atoms with E-state index in [4.69, 9.17) is 16.7 Å². The van der Waals surface area contributed by atoms with E-state index >= 15 is 0 Å². The maximum absolute atomic E-state index is 11.6. The van der Waals surface area contributed by atoms with E-state index in [9.17, 15) is 9.59 Å². The summed E-state index contributed by atoms with van der Waals surface area (Å²) in [7, 11) is 0. The lowest BCUT2D eigenvalue weighted by Crippen LogP contribution is -2.31. The van der Waals surface area contributed by atoms with Gasteiger partial charge in [-0.25, -0.2) is 14.3 Å². The Morgan fingerprint density at radius 2 is 2.00 bits per heavy atom. The summed E-state index contributed by atoms with van der Waals surface area (Å²) in [5.41, 5.74) is 0.478. The van der Waals surface area contributed by atoms with Crippen LogP contribution in [-0.2, 0) is 6.54 Å². The molecule has 2 aromatic rings. The lowest BCUT2D eigenvalue weighted by Gasteiger charge is -2.07. The van der Waals surface area contributed by atoms with Crippen LogP contribution < -0.4 is 10.6 Å². The summed E-state index contributed by atoms with van der Waals surface area (Å²) in [4.78, 5) is 22.2. The van der Waals surface area contributed by atoms with Crippen LogP contribution in [0.4, 0.5) is 10.5 Å². The smallest absolute Gasteiger partial charge is 0.358 e. The molecule has 9 heteroatoms. The fourth-order valence-electron chi connectivity index (χ4n) is 1.50. The standard InChI is InChI=1S/C12H12ClN5O3/c13-8-1-3-9(4-2-8)15-12(21)14-5-6-18-7-10(11(19)20)16-17-18/h1-4,7H,5-6H2,(H,19,20)(H2,14,15,21). The van der Waals surface area contributed by atoms with Crippen molar-refractivity contribution in [1.82, 2.24) is 20.3 Å². The fourth-order valence-corrected chi connectivity index (χ4v) is 1.62. The molecular formula is C12H12ClN5O3. The topological polar surface area (TPSA) is 109 Å². The highest BCUT2D eigenvalue weighted by molar-refractivity contribution is 6.30. The van der Waals surface area contributed by atoms with Crippen LogP contribution in [0.25, 0.3) is 0 Å². The van der Waals surface area contributed by atoms with Gasteiger partial charge < -0.3 is 15.7 Å². The van der Waals surface area contributed by atoms with Crippen molar-refractivity contribution in [2.24, 2.45) is 0 Å². The number of halogens is 1. The first kappa shape index (κ1) is 14.8. The molecule has 0 aliphatic carbocycles. The Labute approximate surface area is 124 Å². The molecule has 0 spiro atoms. The highest BCUT2D eigenvalue weighted by Crippen LogP contribution is 2.12. The maximum atomic E-state index is 11.6. The molecule has 8 nitrogen and oxygen atoms in total. The Morgan fingerprint density at radius 1 is 1.29 bits per heavy atom. The second-order valence-electron chi connectivity index (χ2n) is 4.06. The Kier molecular flexibility index (Phi) is 4.72. The van der Waals surface area contributed by atoms with Crippen LogP contribution in [0.5, 0.6) is 0 Å². The van der Waals surface area contributed by atoms with E-state index in [1.807, 2.05) is 0 Å². The predicted molar refractivity (Wildman–Crippen MR) is 75.5 cm³/mol. The molecule has 0 aliphatic heterocycles. The van der Waals surface area contributed by atoms with Gasteiger partial charge in [-0.2, -0.15) is 0 Å². The lowest BCUT2D eigenvalue weighted by atomic mass is 10.3. The number of urea groups is 1. The zero-order valence-corrected chi connectivity index (χ0v) is 11.5. The van der Waals surface area contributed by atoms with E-state index in [-0.39, 0.29) is 18.3 Å². The number of benzene rings is 1. The van der Waals surface area contributed by atoms with E-state index in [1.54, 1.807) is 24.3 Å². The van der Waals surface area contributed by atoms with Crippen LogP contribution in [-0.4, -0.2) is 38.6 Å². The fraction of sp³-hybridized carbons (Fsp3) is 0.167. The number of carboxylic acid groups (broad SMARTS) is 1. The summed E-state index contributed by atoms with van der Waals surface area (Å²) in [6, 6.07) is 6.31. The minimum Gasteiger partial charge on any atom is -0.476 e. The first-order valence-electron chi connectivity index (χ1n) is 5.98. The van der Waals surface area contributed by atoms with Gasteiger partial charge in [0.2, 0.25) is 0 Å². The molecule has 0 unspecified atom stereocenters. The molecule has 0 saturated heterocycles. The number of nitrogens with one attached hydrogen (secondary N) is 2. The number of anilines is 1. The normalized spacial score (nSPS) is 10.1. The van der Waals surface area contributed by atoms with Crippen molar-refractivity contribution in [3.63, 3.8) is 0 Å². The molecule has 0 bridgehead atoms. The van der Waals surface area contributed by atoms with Crippen LogP contribution in [0, 0.1) is 0 Å². The van der Waals surface area contributed by atoms with Crippen molar-refractivity contribution in [2.45, 2.75) is 6.54 Å². The summed E-state index contributed by atoms with van der Waals surface area (Å²) in [6.07, 6.45) is 1.29. The Morgan fingerprint density at radius 3 is 2.62 bits per heavy atom. The molecule has 0 atom stereocenters. The zero-order valence-electron chi connectivity index (χ0n) is 10.8. The highest BCUT2D eigenvalue weighted by atomic mass is 35.5. The number of nitrogens with zero attached hydrogens (tertiary/aromatic N) is 3. The van der Waals surface area contributed by atoms with Crippen molar-refractivity contribution in [2.75, 3.05) is 11.9 Å². The molecule has 0 aliphatic rings. The number of hydrogen-bond donors (Lipinski definition) is 3. The summed E-state index contributed by atoms with van der Waals surface area (Å²) >= 11 is 5.74. The minimum atomic E-state index is -1.14. The Balaban J connectivity index is 1.76. The quantitative estimate of drug-likeness (QED) is 0.774. The van der Waals surface area contributed by atoms with Gasteiger partial charge in [0.25, 0.3) is 0 Å². The molecule has 2 rings (SSSR count). The molecular weight excluding hydrogens is 298 g/mol. The molecule has 1 aromatic carbocycles. The van der Waals surface area contributed by atoms with Crippen molar-refractivity contribution < 1.29 is 14.7 Å². The molecule has 21 heavy (non-hydrogen) atoms. The summed E-state index contributed by atoms with van der Waals surface area (Å²) in [5, 5.41) is 21.6. The molecule has 0 saturated carbocycles. The number of hydrogen-bond acceptors (Lipinski definition) is 4. The summed E-state index contributed by atoms with van der Waals surface area (Å²) in [5.74, 6) is -1.14. The second kappa shape index (κ2) is 6.71. The van der Waals surface area contributed by atoms with Crippen molar-refractivity contribution in [3.8, 4) is 0 Å². The van der Waals surface area contributed by atoms with Crippen LogP contribution >= 0.6 is 11.6 Å². The SMILES string of the molecule is O=C(NCCn1cc(C(=O)O)nn1)Nc1ccc(Cl)cc1. The van der Waals surface area contributed by atoms with Gasteiger partial charge in [-0.3, -0.25) is 0 Å². The molecule has 1 heterocycles. The van der Waals surface area contributed by atoms with Crippen LogP contribution in [0.3, 0.4) is 0 Å². The van der Waals surface area contributed by atoms with Gasteiger partial charge in [-0.05, 0) is 24.3 Å². The molecule has 1 aromatic heterocycles. The Hall–Kier alpha value is -2.61. The number of aromatic carboxylic acids is 1. The third-order valence-electron chi connectivity index (χ3n) is 2.49. The van der Waals surface area contributed by atoms with E-state index in [0.29, 0.717) is 17.3 Å². The van der Waals surface area contributed by atoms with Gasteiger partial charge in [-0.1, -0.05) is 16.8 Å². The maximum Gasteiger partial charge on any atom is 0.358 e. The third kappa shape index (κ3) is 4.46. The van der Waals surface area contributed by atoms with E-state index in [1.165, 1.54) is 10.9 Å². The average Bonchev–Trinajstić information content (AvgIpc) is 2.90. The van der Waals surface area contributed by atoms with Gasteiger partial charge in [-0.15, -0.1) is 5.10 Å². The Bertz CT molecular complexity index is 641. The summed E-state index contributed by atoms with van der Waals surface area (Å²) < 4.78 is 1.34. The molecule has 0 radical (unpaired) electrons. The average molecular weight is 310 g/mol. The minimum absolute atomic E-state index is 0.138. The largest absolute Gasteiger partial charge is 0.476 e. The van der Waals surface area contributed by atoms with Crippen LogP contribution in [0.15, 0.2) is 30.5 Å². The number of rotatable bonds is 5.